The summed E-state index contributed by atoms with van der Waals surface area (Å²) in [6.45, 7) is 0.488. The molecule has 2 aromatic rings. The lowest BCUT2D eigenvalue weighted by molar-refractivity contribution is -0.117. The van der Waals surface area contributed by atoms with E-state index in [9.17, 15) is 9.18 Å². The van der Waals surface area contributed by atoms with Crippen molar-refractivity contribution in [2.75, 3.05) is 16.8 Å². The van der Waals surface area contributed by atoms with E-state index in [1.54, 1.807) is 4.90 Å². The van der Waals surface area contributed by atoms with Gasteiger partial charge in [0.25, 0.3) is 0 Å². The van der Waals surface area contributed by atoms with Crippen LogP contribution in [0, 0.1) is 17.1 Å². The third kappa shape index (κ3) is 3.07. The van der Waals surface area contributed by atoms with E-state index in [0.717, 1.165) is 0 Å². The van der Waals surface area contributed by atoms with Crippen LogP contribution in [0.2, 0.25) is 5.02 Å². The number of nitriles is 1. The summed E-state index contributed by atoms with van der Waals surface area (Å²) in [7, 11) is 0. The van der Waals surface area contributed by atoms with Gasteiger partial charge in [-0.05, 0) is 24.6 Å². The van der Waals surface area contributed by atoms with Crippen molar-refractivity contribution >= 4 is 29.0 Å². The molecule has 1 aliphatic heterocycles. The fourth-order valence-electron chi connectivity index (χ4n) is 2.36. The zero-order valence-electron chi connectivity index (χ0n) is 11.8. The molecule has 3 rings (SSSR count). The average molecular weight is 332 g/mol. The number of nitrogens with zero attached hydrogens (tertiary/aromatic N) is 4. The minimum atomic E-state index is -0.524. The Morgan fingerprint density at radius 1 is 1.39 bits per heavy atom. The largest absolute Gasteiger partial charge is 0.357 e. The average Bonchev–Trinajstić information content (AvgIpc) is 2.92. The Bertz CT molecular complexity index is 789. The van der Waals surface area contributed by atoms with Crippen molar-refractivity contribution in [3.63, 3.8) is 0 Å². The van der Waals surface area contributed by atoms with E-state index in [4.69, 9.17) is 16.9 Å². The van der Waals surface area contributed by atoms with Crippen LogP contribution in [0.5, 0.6) is 0 Å². The molecule has 6 nitrogen and oxygen atoms in total. The Morgan fingerprint density at radius 3 is 2.87 bits per heavy atom. The Hall–Kier alpha value is -2.72. The van der Waals surface area contributed by atoms with Gasteiger partial charge in [0, 0.05) is 12.2 Å². The highest BCUT2D eigenvalue weighted by atomic mass is 35.5. The van der Waals surface area contributed by atoms with Crippen LogP contribution >= 0.6 is 11.6 Å². The molecule has 0 aliphatic carbocycles. The molecule has 0 saturated carbocycles. The lowest BCUT2D eigenvalue weighted by Gasteiger charge is -2.17. The summed E-state index contributed by atoms with van der Waals surface area (Å²) in [6, 6.07) is 5.60. The van der Waals surface area contributed by atoms with E-state index in [-0.39, 0.29) is 16.6 Å². The lowest BCUT2D eigenvalue weighted by Crippen LogP contribution is -2.33. The first kappa shape index (κ1) is 15.2. The maximum Gasteiger partial charge on any atom is 0.249 e. The maximum atomic E-state index is 13.2. The lowest BCUT2D eigenvalue weighted by atomic mass is 10.2. The standard InChI is InChI=1S/C15H11ClFN5O/c16-11-5-10(1-2-12(11)17)22-4-3-13(15(22)23)21-14-8-19-9(6-18)7-20-14/h1-2,5,7-8,13H,3-4H2,(H,20,21)/t13-/m0/s1. The first-order valence-electron chi connectivity index (χ1n) is 6.83. The number of amides is 1. The van der Waals surface area contributed by atoms with E-state index in [1.807, 2.05) is 6.07 Å². The van der Waals surface area contributed by atoms with Crippen LogP contribution in [0.25, 0.3) is 0 Å². The van der Waals surface area contributed by atoms with E-state index < -0.39 is 11.9 Å². The van der Waals surface area contributed by atoms with Crippen molar-refractivity contribution in [1.29, 1.82) is 5.26 Å². The number of benzene rings is 1. The first-order valence-corrected chi connectivity index (χ1v) is 7.21. The molecule has 0 bridgehead atoms. The van der Waals surface area contributed by atoms with Crippen LogP contribution < -0.4 is 10.2 Å². The van der Waals surface area contributed by atoms with E-state index in [1.165, 1.54) is 30.6 Å². The van der Waals surface area contributed by atoms with Crippen molar-refractivity contribution in [1.82, 2.24) is 9.97 Å². The number of anilines is 2. The molecular weight excluding hydrogens is 321 g/mol. The van der Waals surface area contributed by atoms with Crippen molar-refractivity contribution in [2.24, 2.45) is 0 Å². The second-order valence-corrected chi connectivity index (χ2v) is 5.38. The van der Waals surface area contributed by atoms with Crippen LogP contribution in [0.4, 0.5) is 15.9 Å². The summed E-state index contributed by atoms with van der Waals surface area (Å²) in [6.07, 6.45) is 3.30. The van der Waals surface area contributed by atoms with E-state index in [2.05, 4.69) is 15.3 Å². The Kier molecular flexibility index (Phi) is 4.08. The Balaban J connectivity index is 1.73. The van der Waals surface area contributed by atoms with Crippen LogP contribution in [0.1, 0.15) is 12.1 Å². The minimum Gasteiger partial charge on any atom is -0.357 e. The van der Waals surface area contributed by atoms with Gasteiger partial charge in [-0.2, -0.15) is 5.26 Å². The molecule has 116 valence electrons. The van der Waals surface area contributed by atoms with Gasteiger partial charge in [0.15, 0.2) is 5.69 Å². The molecule has 1 amide bonds. The van der Waals surface area contributed by atoms with Gasteiger partial charge >= 0.3 is 0 Å². The topological polar surface area (TPSA) is 81.9 Å². The van der Waals surface area contributed by atoms with Gasteiger partial charge in [-0.25, -0.2) is 14.4 Å². The fraction of sp³-hybridized carbons (Fsp3) is 0.200. The van der Waals surface area contributed by atoms with Crippen LogP contribution in [-0.2, 0) is 4.79 Å². The van der Waals surface area contributed by atoms with Crippen molar-refractivity contribution in [2.45, 2.75) is 12.5 Å². The number of aromatic nitrogens is 2. The van der Waals surface area contributed by atoms with Gasteiger partial charge in [-0.15, -0.1) is 0 Å². The molecule has 1 saturated heterocycles. The van der Waals surface area contributed by atoms with Gasteiger partial charge in [0.1, 0.15) is 23.7 Å². The zero-order chi connectivity index (χ0) is 16.4. The van der Waals surface area contributed by atoms with Gasteiger partial charge in [-0.3, -0.25) is 4.79 Å². The molecule has 0 unspecified atom stereocenters. The molecule has 8 heteroatoms. The zero-order valence-corrected chi connectivity index (χ0v) is 12.6. The second kappa shape index (κ2) is 6.18. The van der Waals surface area contributed by atoms with E-state index >= 15 is 0 Å². The van der Waals surface area contributed by atoms with Crippen LogP contribution in [0.15, 0.2) is 30.6 Å². The van der Waals surface area contributed by atoms with Gasteiger partial charge in [0.2, 0.25) is 5.91 Å². The smallest absolute Gasteiger partial charge is 0.249 e. The third-order valence-electron chi connectivity index (χ3n) is 3.51. The monoisotopic (exact) mass is 331 g/mol. The highest BCUT2D eigenvalue weighted by Crippen LogP contribution is 2.27. The quantitative estimate of drug-likeness (QED) is 0.933. The summed E-state index contributed by atoms with van der Waals surface area (Å²) in [5, 5.41) is 11.6. The summed E-state index contributed by atoms with van der Waals surface area (Å²) in [4.78, 5) is 21.9. The van der Waals surface area contributed by atoms with Gasteiger partial charge in [0.05, 0.1) is 17.4 Å². The molecule has 1 aromatic heterocycles. The maximum absolute atomic E-state index is 13.2. The summed E-state index contributed by atoms with van der Waals surface area (Å²) in [5.41, 5.74) is 0.757. The number of halogens is 2. The number of rotatable bonds is 3. The Morgan fingerprint density at radius 2 is 2.22 bits per heavy atom. The Labute approximate surface area is 136 Å². The minimum absolute atomic E-state index is 0.0235. The summed E-state index contributed by atoms with van der Waals surface area (Å²) >= 11 is 5.76. The second-order valence-electron chi connectivity index (χ2n) is 4.97. The number of carbonyl (C=O) groups excluding carboxylic acids is 1. The molecule has 0 radical (unpaired) electrons. The van der Waals surface area contributed by atoms with Crippen molar-refractivity contribution in [3.8, 4) is 6.07 Å². The fourth-order valence-corrected chi connectivity index (χ4v) is 2.54. The molecular formula is C15H11ClFN5O. The molecule has 1 N–H and O–H groups in total. The number of hydrogen-bond acceptors (Lipinski definition) is 5. The number of hydrogen-bond donors (Lipinski definition) is 1. The third-order valence-corrected chi connectivity index (χ3v) is 3.80. The predicted octanol–water partition coefficient (Wildman–Crippen LogP) is 2.36. The normalized spacial score (nSPS) is 17.2. The molecule has 0 spiro atoms. The summed E-state index contributed by atoms with van der Waals surface area (Å²) in [5.74, 6) is -0.259. The SMILES string of the molecule is N#Cc1cnc(N[C@H]2CCN(c3ccc(F)c(Cl)c3)C2=O)cn1. The summed E-state index contributed by atoms with van der Waals surface area (Å²) < 4.78 is 13.2. The van der Waals surface area contributed by atoms with Gasteiger partial charge in [-0.1, -0.05) is 11.6 Å². The molecule has 2 heterocycles. The number of carbonyl (C=O) groups is 1. The number of nitrogens with one attached hydrogen (secondary N) is 1. The molecule has 1 atom stereocenters. The molecule has 1 aliphatic rings. The van der Waals surface area contributed by atoms with Crippen LogP contribution in [0.3, 0.4) is 0 Å². The predicted molar refractivity (Wildman–Crippen MR) is 82.5 cm³/mol. The van der Waals surface area contributed by atoms with Crippen molar-refractivity contribution < 1.29 is 9.18 Å². The molecule has 1 aromatic carbocycles. The van der Waals surface area contributed by atoms with Gasteiger partial charge < -0.3 is 10.2 Å². The highest BCUT2D eigenvalue weighted by Gasteiger charge is 2.33. The first-order chi connectivity index (χ1) is 11.1. The van der Waals surface area contributed by atoms with E-state index in [0.29, 0.717) is 24.5 Å². The van der Waals surface area contributed by atoms with Crippen LogP contribution in [-0.4, -0.2) is 28.5 Å². The highest BCUT2D eigenvalue weighted by molar-refractivity contribution is 6.31. The molecule has 23 heavy (non-hydrogen) atoms. The molecule has 1 fully saturated rings. The van der Waals surface area contributed by atoms with Crippen molar-refractivity contribution in [3.05, 3.63) is 47.1 Å².